The van der Waals surface area contributed by atoms with Crippen LogP contribution in [0.1, 0.15) is 33.1 Å². The molecule has 0 aromatic carbocycles. The lowest BCUT2D eigenvalue weighted by molar-refractivity contribution is -0.145. The first kappa shape index (κ1) is 20.7. The molecule has 3 unspecified atom stereocenters. The molecule has 6 nitrogen and oxygen atoms in total. The van der Waals surface area contributed by atoms with Crippen LogP contribution in [-0.4, -0.2) is 74.1 Å². The van der Waals surface area contributed by atoms with E-state index in [1.165, 1.54) is 39.5 Å². The number of esters is 1. The van der Waals surface area contributed by atoms with Crippen LogP contribution in [0.2, 0.25) is 0 Å². The number of carbonyl (C=O) groups is 1. The number of hydrogen-bond donors (Lipinski definition) is 1. The maximum Gasteiger partial charge on any atom is 0.310 e. The fourth-order valence-corrected chi connectivity index (χ4v) is 4.02. The monoisotopic (exact) mass is 464 g/mol. The average Bonchev–Trinajstić information content (AvgIpc) is 3.20. The van der Waals surface area contributed by atoms with E-state index in [0.717, 1.165) is 31.6 Å². The zero-order valence-corrected chi connectivity index (χ0v) is 18.1. The molecule has 2 saturated heterocycles. The van der Waals surface area contributed by atoms with Gasteiger partial charge >= 0.3 is 5.97 Å². The van der Waals surface area contributed by atoms with E-state index in [1.54, 1.807) is 0 Å². The third-order valence-corrected chi connectivity index (χ3v) is 5.63. The molecular formula is C18H33IN4O2. The lowest BCUT2D eigenvalue weighted by atomic mass is 9.99. The second kappa shape index (κ2) is 9.39. The molecule has 0 aromatic rings. The minimum atomic E-state index is -0.100. The Morgan fingerprint density at radius 3 is 2.64 bits per heavy atom. The van der Waals surface area contributed by atoms with Gasteiger partial charge in [-0.05, 0) is 44.6 Å². The Kier molecular flexibility index (Phi) is 7.79. The maximum absolute atomic E-state index is 11.9. The molecule has 2 aliphatic heterocycles. The molecule has 3 atom stereocenters. The molecule has 0 bridgehead atoms. The fourth-order valence-electron chi connectivity index (χ4n) is 4.02. The number of likely N-dealkylation sites (tertiary alicyclic amines) is 2. The van der Waals surface area contributed by atoms with Crippen LogP contribution in [0.5, 0.6) is 0 Å². The Morgan fingerprint density at radius 2 is 2.00 bits per heavy atom. The molecule has 144 valence electrons. The van der Waals surface area contributed by atoms with Gasteiger partial charge in [0.1, 0.15) is 0 Å². The Balaban J connectivity index is 0.00000225. The van der Waals surface area contributed by atoms with Crippen molar-refractivity contribution in [2.45, 2.75) is 39.2 Å². The molecule has 3 aliphatic rings. The maximum atomic E-state index is 11.9. The summed E-state index contributed by atoms with van der Waals surface area (Å²) in [7, 11) is 1.47. The van der Waals surface area contributed by atoms with E-state index in [1.807, 2.05) is 0 Å². The lowest BCUT2D eigenvalue weighted by Gasteiger charge is -2.22. The first-order valence-electron chi connectivity index (χ1n) is 9.47. The van der Waals surface area contributed by atoms with Gasteiger partial charge in [-0.3, -0.25) is 9.79 Å². The predicted molar refractivity (Wildman–Crippen MR) is 110 cm³/mol. The summed E-state index contributed by atoms with van der Waals surface area (Å²) in [4.78, 5) is 21.7. The zero-order valence-electron chi connectivity index (χ0n) is 15.7. The van der Waals surface area contributed by atoms with Crippen LogP contribution in [0.3, 0.4) is 0 Å². The number of guanidine groups is 1. The van der Waals surface area contributed by atoms with E-state index in [9.17, 15) is 4.79 Å². The molecule has 1 aliphatic carbocycles. The quantitative estimate of drug-likeness (QED) is 0.291. The number of methoxy groups -OCH3 is 1. The van der Waals surface area contributed by atoms with Gasteiger partial charge in [0.2, 0.25) is 0 Å². The van der Waals surface area contributed by atoms with Gasteiger partial charge in [-0.15, -0.1) is 24.0 Å². The summed E-state index contributed by atoms with van der Waals surface area (Å²) in [5.74, 6) is 1.79. The second-order valence-electron chi connectivity index (χ2n) is 7.59. The number of ether oxygens (including phenoxy) is 1. The van der Waals surface area contributed by atoms with E-state index in [0.29, 0.717) is 18.4 Å². The summed E-state index contributed by atoms with van der Waals surface area (Å²) < 4.78 is 4.94. The van der Waals surface area contributed by atoms with Gasteiger partial charge in [-0.1, -0.05) is 6.92 Å². The van der Waals surface area contributed by atoms with Crippen molar-refractivity contribution in [3.63, 3.8) is 0 Å². The van der Waals surface area contributed by atoms with Gasteiger partial charge in [0.25, 0.3) is 0 Å². The van der Waals surface area contributed by atoms with Crippen molar-refractivity contribution in [3.05, 3.63) is 0 Å². The van der Waals surface area contributed by atoms with Crippen LogP contribution in [0.15, 0.2) is 4.99 Å². The lowest BCUT2D eigenvalue weighted by Crippen LogP contribution is -2.41. The van der Waals surface area contributed by atoms with Crippen LogP contribution < -0.4 is 5.32 Å². The Bertz CT molecular complexity index is 484. The van der Waals surface area contributed by atoms with Gasteiger partial charge in [-0.2, -0.15) is 0 Å². The summed E-state index contributed by atoms with van der Waals surface area (Å²) in [6.07, 6.45) is 4.04. The molecule has 1 N–H and O–H groups in total. The molecule has 1 saturated carbocycles. The van der Waals surface area contributed by atoms with E-state index in [4.69, 9.17) is 9.73 Å². The number of nitrogens with zero attached hydrogens (tertiary/aromatic N) is 3. The Hall–Kier alpha value is -0.570. The van der Waals surface area contributed by atoms with Gasteiger partial charge in [0.15, 0.2) is 5.96 Å². The molecule has 25 heavy (non-hydrogen) atoms. The van der Waals surface area contributed by atoms with Crippen LogP contribution in [0.25, 0.3) is 0 Å². The van der Waals surface area contributed by atoms with Crippen LogP contribution in [-0.2, 0) is 9.53 Å². The van der Waals surface area contributed by atoms with E-state index >= 15 is 0 Å². The smallest absolute Gasteiger partial charge is 0.310 e. The summed E-state index contributed by atoms with van der Waals surface area (Å²) in [5, 5.41) is 3.40. The van der Waals surface area contributed by atoms with Crippen molar-refractivity contribution < 1.29 is 9.53 Å². The van der Waals surface area contributed by atoms with E-state index < -0.39 is 0 Å². The van der Waals surface area contributed by atoms with E-state index in [2.05, 4.69) is 29.0 Å². The Morgan fingerprint density at radius 1 is 1.24 bits per heavy atom. The summed E-state index contributed by atoms with van der Waals surface area (Å²) >= 11 is 0. The van der Waals surface area contributed by atoms with Crippen molar-refractivity contribution in [1.29, 1.82) is 0 Å². The summed E-state index contributed by atoms with van der Waals surface area (Å²) in [5.41, 5.74) is 0. The van der Waals surface area contributed by atoms with E-state index in [-0.39, 0.29) is 35.9 Å². The average molecular weight is 464 g/mol. The zero-order chi connectivity index (χ0) is 17.1. The van der Waals surface area contributed by atoms with Crippen molar-refractivity contribution in [2.24, 2.45) is 22.7 Å². The molecule has 3 fully saturated rings. The highest BCUT2D eigenvalue weighted by Gasteiger charge is 2.37. The third-order valence-electron chi connectivity index (χ3n) is 5.63. The molecule has 3 rings (SSSR count). The second-order valence-corrected chi connectivity index (χ2v) is 7.59. The largest absolute Gasteiger partial charge is 0.469 e. The topological polar surface area (TPSA) is 57.2 Å². The first-order valence-corrected chi connectivity index (χ1v) is 9.47. The minimum Gasteiger partial charge on any atom is -0.469 e. The number of hydrogen-bond acceptors (Lipinski definition) is 4. The highest BCUT2D eigenvalue weighted by Crippen LogP contribution is 2.31. The van der Waals surface area contributed by atoms with Crippen molar-refractivity contribution >= 4 is 35.9 Å². The summed E-state index contributed by atoms with van der Waals surface area (Å²) in [6, 6.07) is 0.868. The molecule has 0 amide bonds. The number of rotatable bonds is 5. The Labute approximate surface area is 168 Å². The predicted octanol–water partition coefficient (Wildman–Crippen LogP) is 1.80. The highest BCUT2D eigenvalue weighted by atomic mass is 127. The number of carbonyl (C=O) groups excluding carboxylic acids is 1. The van der Waals surface area contributed by atoms with Gasteiger partial charge in [-0.25, -0.2) is 0 Å². The number of aliphatic imine (C=N–C) groups is 1. The van der Waals surface area contributed by atoms with Gasteiger partial charge in [0, 0.05) is 38.8 Å². The molecule has 0 aromatic heterocycles. The normalized spacial score (nSPS) is 30.3. The molecule has 0 spiro atoms. The fraction of sp³-hybridized carbons (Fsp3) is 0.889. The summed E-state index contributed by atoms with van der Waals surface area (Å²) in [6.45, 7) is 9.97. The number of nitrogens with one attached hydrogen (secondary N) is 1. The van der Waals surface area contributed by atoms with Gasteiger partial charge in [0.05, 0.1) is 13.0 Å². The van der Waals surface area contributed by atoms with Crippen molar-refractivity contribution in [3.8, 4) is 0 Å². The molecule has 0 radical (unpaired) electrons. The van der Waals surface area contributed by atoms with Crippen LogP contribution in [0.4, 0.5) is 0 Å². The van der Waals surface area contributed by atoms with Gasteiger partial charge < -0.3 is 19.9 Å². The molecule has 7 heteroatoms. The van der Waals surface area contributed by atoms with Crippen molar-refractivity contribution in [2.75, 3.05) is 46.4 Å². The number of halogens is 1. The first-order chi connectivity index (χ1) is 11.6. The highest BCUT2D eigenvalue weighted by molar-refractivity contribution is 14.0. The van der Waals surface area contributed by atoms with Crippen molar-refractivity contribution in [1.82, 2.24) is 15.1 Å². The van der Waals surface area contributed by atoms with Crippen LogP contribution >= 0.6 is 24.0 Å². The molecular weight excluding hydrogens is 431 g/mol. The van der Waals surface area contributed by atoms with Crippen LogP contribution in [0, 0.1) is 17.8 Å². The molecule has 2 heterocycles. The standard InChI is InChI=1S/C18H32N4O2.HI/c1-4-19-18(22-10-13(2)16(12-22)17(23)24-3)20-9-14-7-8-21(11-14)15-5-6-15;/h13-16H,4-12H2,1-3H3,(H,19,20);1H. The minimum absolute atomic E-state index is 0. The third kappa shape index (κ3) is 5.21. The SMILES string of the molecule is CCNC(=NCC1CCN(C2CC2)C1)N1CC(C)C(C(=O)OC)C1.I.